The number of nitrogens with zero attached hydrogens (tertiary/aromatic N) is 7. The van der Waals surface area contributed by atoms with Gasteiger partial charge in [-0.1, -0.05) is 18.6 Å². The van der Waals surface area contributed by atoms with Gasteiger partial charge in [-0.15, -0.1) is 0 Å². The lowest BCUT2D eigenvalue weighted by atomic mass is 10.0. The molecule has 0 aliphatic carbocycles. The monoisotopic (exact) mass is 465 g/mol. The molecule has 0 unspecified atom stereocenters. The Morgan fingerprint density at radius 2 is 1.71 bits per heavy atom. The molecule has 176 valence electrons. The van der Waals surface area contributed by atoms with E-state index in [2.05, 4.69) is 39.0 Å². The Kier molecular flexibility index (Phi) is 7.35. The van der Waals surface area contributed by atoms with Crippen LogP contribution >= 0.6 is 0 Å². The fourth-order valence-electron chi connectivity index (χ4n) is 4.11. The van der Waals surface area contributed by atoms with E-state index in [0.29, 0.717) is 34.0 Å². The second kappa shape index (κ2) is 10.8. The summed E-state index contributed by atoms with van der Waals surface area (Å²) >= 11 is 0. The van der Waals surface area contributed by atoms with Gasteiger partial charge in [0.1, 0.15) is 6.07 Å². The van der Waals surface area contributed by atoms with Crippen molar-refractivity contribution in [2.75, 3.05) is 27.2 Å². The highest BCUT2D eigenvalue weighted by molar-refractivity contribution is 5.82. The molecule has 5 rings (SSSR count). The van der Waals surface area contributed by atoms with Crippen LogP contribution in [0.1, 0.15) is 36.1 Å². The molecule has 4 heterocycles. The molecule has 0 N–H and O–H groups in total. The predicted molar refractivity (Wildman–Crippen MR) is 134 cm³/mol. The highest BCUT2D eigenvalue weighted by Gasteiger charge is 2.19. The van der Waals surface area contributed by atoms with Gasteiger partial charge in [0.25, 0.3) is 5.88 Å². The van der Waals surface area contributed by atoms with E-state index in [4.69, 9.17) is 10.00 Å². The van der Waals surface area contributed by atoms with Crippen LogP contribution in [-0.4, -0.2) is 51.5 Å². The predicted octanol–water partition coefficient (Wildman–Crippen LogP) is 4.62. The Balaban J connectivity index is 0.000000356. The Hall–Kier alpha value is -4.27. The zero-order valence-electron chi connectivity index (χ0n) is 20.2. The second-order valence-electron chi connectivity index (χ2n) is 8.46. The summed E-state index contributed by atoms with van der Waals surface area (Å²) < 4.78 is 7.30. The van der Waals surface area contributed by atoms with Crippen LogP contribution in [0.5, 0.6) is 5.88 Å². The lowest BCUT2D eigenvalue weighted by Crippen LogP contribution is -2.24. The minimum Gasteiger partial charge on any atom is -0.478 e. The molecule has 35 heavy (non-hydrogen) atoms. The number of benzene rings is 1. The molecule has 0 spiro atoms. The highest BCUT2D eigenvalue weighted by atomic mass is 16.5. The zero-order valence-corrected chi connectivity index (χ0v) is 20.2. The van der Waals surface area contributed by atoms with Crippen LogP contribution in [0.4, 0.5) is 0 Å². The van der Waals surface area contributed by atoms with Crippen molar-refractivity contribution in [3.05, 3.63) is 65.7 Å². The van der Waals surface area contributed by atoms with Gasteiger partial charge in [0.15, 0.2) is 0 Å². The van der Waals surface area contributed by atoms with Crippen molar-refractivity contribution in [3.63, 3.8) is 0 Å². The van der Waals surface area contributed by atoms with E-state index in [-0.39, 0.29) is 0 Å². The van der Waals surface area contributed by atoms with Gasteiger partial charge in [0.2, 0.25) is 5.65 Å². The quantitative estimate of drug-likeness (QED) is 0.435. The molecule has 1 fully saturated rings. The molecule has 1 aromatic carbocycles. The first-order valence-electron chi connectivity index (χ1n) is 11.5. The number of ether oxygens (including phenoxy) is 1. The first-order valence-corrected chi connectivity index (χ1v) is 11.5. The molecule has 0 radical (unpaired) electrons. The molecular weight excluding hydrogens is 438 g/mol. The summed E-state index contributed by atoms with van der Waals surface area (Å²) in [5.74, 6) is 0.383. The molecule has 1 saturated heterocycles. The number of aryl methyl sites for hydroxylation is 1. The number of fused-ring (bicyclic) bond motifs is 1. The molecular formula is C27H27N7O. The molecule has 8 heteroatoms. The van der Waals surface area contributed by atoms with Crippen molar-refractivity contribution in [2.24, 2.45) is 0 Å². The number of hydrogen-bond acceptors (Lipinski definition) is 7. The molecule has 1 aliphatic rings. The number of aromatic nitrogens is 4. The van der Waals surface area contributed by atoms with Crippen molar-refractivity contribution >= 4 is 5.65 Å². The van der Waals surface area contributed by atoms with Gasteiger partial charge in [-0.3, -0.25) is 9.38 Å². The van der Waals surface area contributed by atoms with Crippen molar-refractivity contribution < 1.29 is 4.74 Å². The number of nitriles is 2. The third-order valence-corrected chi connectivity index (χ3v) is 6.05. The van der Waals surface area contributed by atoms with E-state index in [1.54, 1.807) is 44.6 Å². The molecule has 0 saturated carbocycles. The summed E-state index contributed by atoms with van der Waals surface area (Å²) in [6, 6.07) is 13.2. The number of likely N-dealkylation sites (tertiary alicyclic amines) is 1. The lowest BCUT2D eigenvalue weighted by molar-refractivity contribution is 0.277. The standard InChI is InChI=1S/C21H14N6O.C6H13N/c1-13-16(11-23)9-17(12-25-13)19-18(15-5-3-14(10-22)4-6-15)26-21(28-2)20-24-7-8-27(19)20;1-7-5-3-2-4-6-7/h3-9,12H,1-2H3;2-6H2,1H3. The summed E-state index contributed by atoms with van der Waals surface area (Å²) in [6.45, 7) is 4.43. The minimum atomic E-state index is 0.383. The fourth-order valence-corrected chi connectivity index (χ4v) is 4.11. The average molecular weight is 466 g/mol. The van der Waals surface area contributed by atoms with Crippen LogP contribution in [0.3, 0.4) is 0 Å². The maximum absolute atomic E-state index is 9.41. The fraction of sp³-hybridized carbons (Fsp3) is 0.296. The van der Waals surface area contributed by atoms with Gasteiger partial charge in [-0.05, 0) is 58.1 Å². The molecule has 0 atom stereocenters. The lowest BCUT2D eigenvalue weighted by Gasteiger charge is -2.20. The molecule has 1 aliphatic heterocycles. The normalized spacial score (nSPS) is 13.4. The topological polar surface area (TPSA) is 103 Å². The van der Waals surface area contributed by atoms with Crippen LogP contribution in [-0.2, 0) is 0 Å². The number of hydrogen-bond donors (Lipinski definition) is 0. The van der Waals surface area contributed by atoms with E-state index in [1.165, 1.54) is 32.4 Å². The first-order chi connectivity index (χ1) is 17.0. The van der Waals surface area contributed by atoms with Crippen molar-refractivity contribution in [1.29, 1.82) is 10.5 Å². The van der Waals surface area contributed by atoms with Gasteiger partial charge in [0.05, 0.1) is 41.4 Å². The van der Waals surface area contributed by atoms with Crippen LogP contribution in [0, 0.1) is 29.6 Å². The SMILES string of the molecule is CN1CCCCC1.COc1nc(-c2ccc(C#N)cc2)c(-c2cnc(C)c(C#N)c2)n2ccnc12. The second-order valence-corrected chi connectivity index (χ2v) is 8.46. The summed E-state index contributed by atoms with van der Waals surface area (Å²) in [6.07, 6.45) is 9.47. The minimum absolute atomic E-state index is 0.383. The zero-order chi connectivity index (χ0) is 24.8. The average Bonchev–Trinajstić information content (AvgIpc) is 3.39. The van der Waals surface area contributed by atoms with Crippen LogP contribution in [0.2, 0.25) is 0 Å². The van der Waals surface area contributed by atoms with E-state index >= 15 is 0 Å². The number of piperidine rings is 1. The van der Waals surface area contributed by atoms with Crippen LogP contribution in [0.25, 0.3) is 28.2 Å². The summed E-state index contributed by atoms with van der Waals surface area (Å²) in [5.41, 5.74) is 5.20. The van der Waals surface area contributed by atoms with E-state index < -0.39 is 0 Å². The van der Waals surface area contributed by atoms with Gasteiger partial charge >= 0.3 is 0 Å². The number of imidazole rings is 1. The van der Waals surface area contributed by atoms with Gasteiger partial charge in [-0.2, -0.15) is 10.5 Å². The maximum atomic E-state index is 9.41. The van der Waals surface area contributed by atoms with E-state index in [9.17, 15) is 5.26 Å². The molecule has 8 nitrogen and oxygen atoms in total. The van der Waals surface area contributed by atoms with Crippen molar-refractivity contribution in [3.8, 4) is 40.5 Å². The molecule has 4 aromatic rings. The Bertz CT molecular complexity index is 1400. The van der Waals surface area contributed by atoms with Gasteiger partial charge in [0, 0.05) is 29.7 Å². The smallest absolute Gasteiger partial charge is 0.258 e. The largest absolute Gasteiger partial charge is 0.478 e. The summed E-state index contributed by atoms with van der Waals surface area (Å²) in [7, 11) is 3.74. The van der Waals surface area contributed by atoms with Crippen molar-refractivity contribution in [2.45, 2.75) is 26.2 Å². The third-order valence-electron chi connectivity index (χ3n) is 6.05. The number of methoxy groups -OCH3 is 1. The summed E-state index contributed by atoms with van der Waals surface area (Å²) in [4.78, 5) is 15.8. The van der Waals surface area contributed by atoms with Crippen molar-refractivity contribution in [1.82, 2.24) is 24.3 Å². The molecule has 0 bridgehead atoms. The molecule has 3 aromatic heterocycles. The number of rotatable bonds is 3. The first kappa shape index (κ1) is 23.9. The Morgan fingerprint density at radius 3 is 2.31 bits per heavy atom. The van der Waals surface area contributed by atoms with E-state index in [1.807, 2.05) is 22.7 Å². The maximum Gasteiger partial charge on any atom is 0.258 e. The summed E-state index contributed by atoms with van der Waals surface area (Å²) in [5, 5.41) is 18.5. The molecule has 0 amide bonds. The van der Waals surface area contributed by atoms with Crippen LogP contribution in [0.15, 0.2) is 48.9 Å². The van der Waals surface area contributed by atoms with Crippen LogP contribution < -0.4 is 4.74 Å². The van der Waals surface area contributed by atoms with Gasteiger partial charge < -0.3 is 9.64 Å². The highest BCUT2D eigenvalue weighted by Crippen LogP contribution is 2.34. The third kappa shape index (κ3) is 5.13. The van der Waals surface area contributed by atoms with Gasteiger partial charge in [-0.25, -0.2) is 9.97 Å². The Morgan fingerprint density at radius 1 is 0.971 bits per heavy atom. The Labute approximate surface area is 205 Å². The number of pyridine rings is 1. The van der Waals surface area contributed by atoms with E-state index in [0.717, 1.165) is 16.8 Å².